The van der Waals surface area contributed by atoms with Crippen molar-refractivity contribution < 1.29 is 82.8 Å². The van der Waals surface area contributed by atoms with Gasteiger partial charge in [0.25, 0.3) is 0 Å². The number of aliphatic carboxylic acids is 2. The molecule has 3 fully saturated rings. The number of ketones is 1. The van der Waals surface area contributed by atoms with Gasteiger partial charge in [-0.3, -0.25) is 33.6 Å². The quantitative estimate of drug-likeness (QED) is 0.0637. The van der Waals surface area contributed by atoms with Crippen molar-refractivity contribution >= 4 is 47.4 Å². The summed E-state index contributed by atoms with van der Waals surface area (Å²) in [6, 6.07) is 2.72. The van der Waals surface area contributed by atoms with E-state index in [4.69, 9.17) is 34.9 Å². The number of carbonyl (C=O) groups excluding carboxylic acids is 6. The van der Waals surface area contributed by atoms with Gasteiger partial charge in [-0.05, 0) is 49.1 Å². The van der Waals surface area contributed by atoms with Gasteiger partial charge in [0.2, 0.25) is 11.8 Å². The fourth-order valence-corrected chi connectivity index (χ4v) is 9.52. The summed E-state index contributed by atoms with van der Waals surface area (Å²) in [6.45, 7) is 7.06. The van der Waals surface area contributed by atoms with E-state index in [1.807, 2.05) is 0 Å². The predicted octanol–water partition coefficient (Wildman–Crippen LogP) is -0.927. The van der Waals surface area contributed by atoms with Gasteiger partial charge in [0.1, 0.15) is 36.4 Å². The molecule has 9 N–H and O–H groups in total. The molecule has 2 saturated carbocycles. The van der Waals surface area contributed by atoms with E-state index in [-0.39, 0.29) is 49.0 Å². The predicted molar refractivity (Wildman–Crippen MR) is 206 cm³/mol. The Balaban J connectivity index is 1.55. The minimum absolute atomic E-state index is 0.0403. The number of aliphatic hydroxyl groups excluding tert-OH is 2. The second-order valence-electron chi connectivity index (χ2n) is 17.0. The van der Waals surface area contributed by atoms with Crippen LogP contribution in [0, 0.1) is 16.7 Å². The van der Waals surface area contributed by atoms with Crippen molar-refractivity contribution in [1.29, 1.82) is 0 Å². The number of esters is 3. The van der Waals surface area contributed by atoms with E-state index < -0.39 is 131 Å². The molecule has 61 heavy (non-hydrogen) atoms. The van der Waals surface area contributed by atoms with Crippen molar-refractivity contribution in [3.63, 3.8) is 0 Å². The van der Waals surface area contributed by atoms with Crippen molar-refractivity contribution in [1.82, 2.24) is 10.6 Å². The van der Waals surface area contributed by atoms with Gasteiger partial charge in [-0.25, -0.2) is 4.79 Å². The maximum atomic E-state index is 15.1. The van der Waals surface area contributed by atoms with Gasteiger partial charge in [-0.2, -0.15) is 0 Å². The highest BCUT2D eigenvalue weighted by Crippen LogP contribution is 2.64. The van der Waals surface area contributed by atoms with E-state index in [1.165, 1.54) is 52.0 Å². The molecule has 1 heterocycles. The van der Waals surface area contributed by atoms with E-state index in [9.17, 15) is 48.9 Å². The van der Waals surface area contributed by atoms with Gasteiger partial charge in [-0.1, -0.05) is 26.0 Å². The van der Waals surface area contributed by atoms with E-state index in [0.29, 0.717) is 5.56 Å². The summed E-state index contributed by atoms with van der Waals surface area (Å²) in [5.41, 5.74) is -1.77. The fourth-order valence-electron chi connectivity index (χ4n) is 9.52. The third-order valence-electron chi connectivity index (χ3n) is 12.9. The molecule has 1 saturated heterocycles. The molecule has 3 unspecified atom stereocenters. The first-order valence-corrected chi connectivity index (χ1v) is 19.7. The maximum absolute atomic E-state index is 15.1. The number of hydrogen-bond acceptors (Lipinski definition) is 16. The lowest BCUT2D eigenvalue weighted by Crippen LogP contribution is -2.81. The molecule has 5 rings (SSSR count). The molecular formula is C41H53N3O17. The van der Waals surface area contributed by atoms with Crippen LogP contribution in [0.15, 0.2) is 35.4 Å². The number of nitrogens with two attached hydrogens (primary N) is 1. The molecule has 3 aliphatic carbocycles. The summed E-state index contributed by atoms with van der Waals surface area (Å²) >= 11 is 0. The standard InChI is InChI=1S/C41H53N3O17/c1-18-25(47)15-41(57)34(32-39(6,26(48)14-27-40(32,17-58-27)61-20(3)46)33(52)31(59-19(2)45)30(18)38(41,4)5)60-37(56)22-9-7-21(8-10-22)13-24(35(53)43-16-29(50)51)44-28(49)12-11-23(42)36(54)55/h7-10,23-27,31-32,34,47-48,57H,11-17,42H2,1-6H3,(H,43,53)(H,44,49)(H,50,51)(H,54,55)/t23?,24?,25-,26-,27+,31+,32?,34-,39+,40-,41+/m0/s1. The Bertz CT molecular complexity index is 2020. The highest BCUT2D eigenvalue weighted by molar-refractivity contribution is 5.96. The lowest BCUT2D eigenvalue weighted by Gasteiger charge is -2.67. The Hall–Kier alpha value is -5.28. The van der Waals surface area contributed by atoms with Crippen molar-refractivity contribution in [3.8, 4) is 0 Å². The monoisotopic (exact) mass is 859 g/mol. The number of amides is 2. The smallest absolute Gasteiger partial charge is 0.338 e. The van der Waals surface area contributed by atoms with Crippen molar-refractivity contribution in [2.45, 2.75) is 127 Å². The molecule has 2 bridgehead atoms. The van der Waals surface area contributed by atoms with Crippen LogP contribution >= 0.6 is 0 Å². The zero-order valence-electron chi connectivity index (χ0n) is 34.6. The molecule has 0 radical (unpaired) electrons. The van der Waals surface area contributed by atoms with Gasteiger partial charge in [0.15, 0.2) is 17.5 Å². The second kappa shape index (κ2) is 17.2. The number of ether oxygens (including phenoxy) is 4. The molecule has 1 aromatic rings. The molecule has 1 aliphatic heterocycles. The van der Waals surface area contributed by atoms with Crippen LogP contribution in [0.3, 0.4) is 0 Å². The number of aliphatic hydroxyl groups is 3. The molecule has 334 valence electrons. The lowest BCUT2D eigenvalue weighted by atomic mass is 9.44. The van der Waals surface area contributed by atoms with Crippen LogP contribution in [0.4, 0.5) is 0 Å². The number of carboxylic acids is 2. The SMILES string of the molecule is CC(=O)O[C@H]1C(=O)[C@@]2(C)C([C@H](OC(=O)c3ccc(CC(NC(=O)CCC(N)C(=O)O)C(=O)NCC(=O)O)cc3)[C@]3(O)C[C@H](O)C(C)=C1C3(C)C)[C@]1(OC(C)=O)CO[C@@H]1C[C@@H]2O. The fraction of sp³-hybridized carbons (Fsp3) is 0.610. The first-order chi connectivity index (χ1) is 28.3. The van der Waals surface area contributed by atoms with Crippen LogP contribution in [0.2, 0.25) is 0 Å². The summed E-state index contributed by atoms with van der Waals surface area (Å²) in [4.78, 5) is 103. The zero-order chi connectivity index (χ0) is 45.6. The first kappa shape index (κ1) is 46.8. The Morgan fingerprint density at radius 1 is 0.984 bits per heavy atom. The largest absolute Gasteiger partial charge is 0.480 e. The number of Topliss-reactive ketones (excluding diaryl/α,β-unsaturated/α-hetero) is 1. The number of nitrogens with one attached hydrogen (secondary N) is 2. The first-order valence-electron chi connectivity index (χ1n) is 19.7. The van der Waals surface area contributed by atoms with Gasteiger partial charge in [0, 0.05) is 44.9 Å². The highest BCUT2D eigenvalue weighted by Gasteiger charge is 2.78. The molecule has 20 heteroatoms. The molecule has 0 spiro atoms. The minimum atomic E-state index is -2.31. The molecular weight excluding hydrogens is 806 g/mol. The number of fused-ring (bicyclic) bond motifs is 5. The number of benzene rings is 1. The van der Waals surface area contributed by atoms with E-state index >= 15 is 4.79 Å². The lowest BCUT2D eigenvalue weighted by molar-refractivity contribution is -0.345. The summed E-state index contributed by atoms with van der Waals surface area (Å²) in [5.74, 6) is -9.45. The summed E-state index contributed by atoms with van der Waals surface area (Å²) in [5, 5.41) is 59.3. The Kier molecular flexibility index (Phi) is 13.2. The summed E-state index contributed by atoms with van der Waals surface area (Å²) in [7, 11) is 0. The third kappa shape index (κ3) is 8.51. The normalized spacial score (nSPS) is 32.2. The minimum Gasteiger partial charge on any atom is -0.480 e. The topological polar surface area (TPSA) is 325 Å². The van der Waals surface area contributed by atoms with Gasteiger partial charge in [-0.15, -0.1) is 0 Å². The van der Waals surface area contributed by atoms with Crippen LogP contribution in [-0.2, 0) is 58.9 Å². The zero-order valence-corrected chi connectivity index (χ0v) is 34.6. The van der Waals surface area contributed by atoms with E-state index in [1.54, 1.807) is 0 Å². The number of carboxylic acid groups (broad SMARTS) is 2. The number of rotatable bonds is 14. The summed E-state index contributed by atoms with van der Waals surface area (Å²) in [6.07, 6.45) is -9.16. The number of carbonyl (C=O) groups is 8. The van der Waals surface area contributed by atoms with Crippen LogP contribution in [0.1, 0.15) is 83.1 Å². The molecule has 0 aromatic heterocycles. The van der Waals surface area contributed by atoms with Crippen molar-refractivity contribution in [2.24, 2.45) is 22.5 Å². The van der Waals surface area contributed by atoms with Crippen LogP contribution in [0.5, 0.6) is 0 Å². The van der Waals surface area contributed by atoms with Crippen molar-refractivity contribution in [3.05, 3.63) is 46.5 Å². The van der Waals surface area contributed by atoms with E-state index in [2.05, 4.69) is 10.6 Å². The number of hydrogen-bond donors (Lipinski definition) is 8. The molecule has 2 amide bonds. The average molecular weight is 860 g/mol. The van der Waals surface area contributed by atoms with Gasteiger partial charge < -0.3 is 60.8 Å². The Labute approximate surface area is 350 Å². The Morgan fingerprint density at radius 2 is 1.62 bits per heavy atom. The van der Waals surface area contributed by atoms with Crippen LogP contribution < -0.4 is 16.4 Å². The van der Waals surface area contributed by atoms with E-state index in [0.717, 1.165) is 13.8 Å². The van der Waals surface area contributed by atoms with Crippen LogP contribution in [0.25, 0.3) is 0 Å². The highest BCUT2D eigenvalue weighted by atomic mass is 16.6. The second-order valence-corrected chi connectivity index (χ2v) is 17.0. The molecule has 4 aliphatic rings. The van der Waals surface area contributed by atoms with Crippen LogP contribution in [-0.4, -0.2) is 140 Å². The third-order valence-corrected chi connectivity index (χ3v) is 12.9. The average Bonchev–Trinajstić information content (AvgIpc) is 3.16. The molecule has 11 atom stereocenters. The van der Waals surface area contributed by atoms with Gasteiger partial charge >= 0.3 is 29.8 Å². The Morgan fingerprint density at radius 3 is 2.16 bits per heavy atom. The van der Waals surface area contributed by atoms with Crippen molar-refractivity contribution in [2.75, 3.05) is 13.2 Å². The molecule has 1 aromatic carbocycles. The van der Waals surface area contributed by atoms with Gasteiger partial charge in [0.05, 0.1) is 35.7 Å². The summed E-state index contributed by atoms with van der Waals surface area (Å²) < 4.78 is 23.7. The molecule has 20 nitrogen and oxygen atoms in total. The maximum Gasteiger partial charge on any atom is 0.338 e.